The Hall–Kier alpha value is -1.43. The van der Waals surface area contributed by atoms with Crippen molar-refractivity contribution in [2.24, 2.45) is 50.2 Å². The molecule has 0 spiro atoms. The number of carbonyl (C=O) groups excluding carboxylic acids is 1. The van der Waals surface area contributed by atoms with Crippen LogP contribution in [0, 0.1) is 50.2 Å². The molecule has 66 heavy (non-hydrogen) atoms. The quantitative estimate of drug-likeness (QED) is 0.108. The van der Waals surface area contributed by atoms with E-state index in [-0.39, 0.29) is 40.1 Å². The van der Waals surface area contributed by atoms with Crippen LogP contribution >= 0.6 is 0 Å². The van der Waals surface area contributed by atoms with Crippen molar-refractivity contribution < 1.29 is 89.4 Å². The maximum atomic E-state index is 15.0. The number of allylic oxidation sites excluding steroid dienone is 2. The lowest BCUT2D eigenvalue weighted by atomic mass is 9.33. The van der Waals surface area contributed by atoms with E-state index >= 15 is 0 Å². The molecule has 0 aromatic heterocycles. The Morgan fingerprint density at radius 1 is 0.682 bits per heavy atom. The van der Waals surface area contributed by atoms with E-state index in [0.717, 1.165) is 44.9 Å². The summed E-state index contributed by atoms with van der Waals surface area (Å²) in [4.78, 5) is 15.0. The van der Waals surface area contributed by atoms with Crippen LogP contribution < -0.4 is 0 Å². The zero-order chi connectivity index (χ0) is 48.3. The number of esters is 1. The predicted molar refractivity (Wildman–Crippen MR) is 230 cm³/mol. The lowest BCUT2D eigenvalue weighted by Gasteiger charge is -2.71. The number of hydrogen-bond donors (Lipinski definition) is 11. The SMILES string of the molecule is C[C@@H]1O[C@H](O[C@@H]2[C@@H](O)[C@H](O)[C@@H](OC[C@@H]3O[C@H](OC(=O)[C@]45CCC(C)(C)C[C@H]4C4=CC[C@H]6[C@]7(C)CC[C@H](O)[C@@](C)(CO)[C@H]7CC[C@]6(C)[C@@]4(C)CC5)[C@@H](O)[C@H](O)[C@H]3O)O[C@H]2CO)[C@@H](O)[C@H](O)[C@H]1O. The van der Waals surface area contributed by atoms with E-state index in [4.69, 9.17) is 28.4 Å². The van der Waals surface area contributed by atoms with Crippen molar-refractivity contribution in [1.82, 2.24) is 0 Å². The summed E-state index contributed by atoms with van der Waals surface area (Å²) in [5.74, 6) is -0.273. The highest BCUT2D eigenvalue weighted by atomic mass is 16.8. The highest BCUT2D eigenvalue weighted by molar-refractivity contribution is 5.79. The van der Waals surface area contributed by atoms with Gasteiger partial charge < -0.3 is 84.6 Å². The Balaban J connectivity index is 0.976. The number of carbonyl (C=O) groups is 1. The summed E-state index contributed by atoms with van der Waals surface area (Å²) in [6.07, 6.45) is -14.9. The Kier molecular flexibility index (Phi) is 13.9. The monoisotopic (exact) mass is 943 g/mol. The molecule has 0 aromatic rings. The third kappa shape index (κ3) is 7.87. The first kappa shape index (κ1) is 50.9. The molecule has 0 aromatic carbocycles. The van der Waals surface area contributed by atoms with Crippen LogP contribution in [0.4, 0.5) is 0 Å². The first-order valence-corrected chi connectivity index (χ1v) is 24.3. The van der Waals surface area contributed by atoms with Crippen molar-refractivity contribution in [2.75, 3.05) is 19.8 Å². The number of fused-ring (bicyclic) bond motifs is 7. The molecular formula is C48H78O18. The molecule has 24 atom stereocenters. The molecule has 8 rings (SSSR count). The van der Waals surface area contributed by atoms with Crippen LogP contribution in [0.5, 0.6) is 0 Å². The van der Waals surface area contributed by atoms with Gasteiger partial charge in [0.25, 0.3) is 0 Å². The molecule has 8 aliphatic rings. The molecule has 7 fully saturated rings. The van der Waals surface area contributed by atoms with E-state index in [1.807, 2.05) is 6.92 Å². The molecule has 5 aliphatic carbocycles. The molecule has 11 N–H and O–H groups in total. The molecule has 0 unspecified atom stereocenters. The first-order valence-electron chi connectivity index (χ1n) is 24.3. The third-order valence-electron chi connectivity index (χ3n) is 19.4. The van der Waals surface area contributed by atoms with Crippen LogP contribution in [0.15, 0.2) is 11.6 Å². The van der Waals surface area contributed by atoms with Gasteiger partial charge in [-0.15, -0.1) is 0 Å². The van der Waals surface area contributed by atoms with Gasteiger partial charge in [0.2, 0.25) is 6.29 Å². The predicted octanol–water partition coefficient (Wildman–Crippen LogP) is 0.141. The van der Waals surface area contributed by atoms with E-state index in [1.165, 1.54) is 12.5 Å². The first-order chi connectivity index (χ1) is 30.8. The second kappa shape index (κ2) is 18.0. The lowest BCUT2D eigenvalue weighted by Crippen LogP contribution is -2.66. The molecule has 18 heteroatoms. The maximum absolute atomic E-state index is 15.0. The summed E-state index contributed by atoms with van der Waals surface area (Å²) in [7, 11) is 0. The molecule has 18 nitrogen and oxygen atoms in total. The summed E-state index contributed by atoms with van der Waals surface area (Å²) in [5, 5.41) is 118. The number of aliphatic hydroxyl groups excluding tert-OH is 11. The number of rotatable bonds is 9. The molecule has 3 heterocycles. The fraction of sp³-hybridized carbons (Fsp3) is 0.938. The highest BCUT2D eigenvalue weighted by Crippen LogP contribution is 2.76. The standard InChI is InChI=1S/C48H78O18/c1-22-30(52)32(54)35(57)40(62-22)65-38-25(19-49)63-39(37(59)34(38)56)61-20-26-31(53)33(55)36(58)41(64-26)66-42(60)48-16-14-43(2,3)18-24(48)23-8-9-28-44(4)12-11-29(51)45(5,21-50)27(44)10-13-47(28,7)46(23,6)15-17-48/h8,22,24-41,49-59H,9-21H2,1-7H3/t22-,24-,25-,26-,27-,28-,29-,30-,31-,32+,33+,34-,35-,36-,37-,38-,39-,40+,41+,44+,45-,46-,47-,48-/m0/s1. The molecule has 0 amide bonds. The van der Waals surface area contributed by atoms with Crippen LogP contribution in [-0.2, 0) is 33.2 Å². The van der Waals surface area contributed by atoms with Crippen LogP contribution in [0.3, 0.4) is 0 Å². The van der Waals surface area contributed by atoms with Crippen LogP contribution in [0.1, 0.15) is 113 Å². The average Bonchev–Trinajstić information content (AvgIpc) is 3.27. The van der Waals surface area contributed by atoms with Gasteiger partial charge in [0, 0.05) is 5.41 Å². The second-order valence-corrected chi connectivity index (χ2v) is 23.3. The van der Waals surface area contributed by atoms with Gasteiger partial charge >= 0.3 is 5.97 Å². The van der Waals surface area contributed by atoms with E-state index in [1.54, 1.807) is 0 Å². The van der Waals surface area contributed by atoms with Gasteiger partial charge in [0.1, 0.15) is 67.1 Å². The molecule has 3 aliphatic heterocycles. The van der Waals surface area contributed by atoms with E-state index < -0.39 is 128 Å². The van der Waals surface area contributed by atoms with Gasteiger partial charge in [-0.25, -0.2) is 0 Å². The smallest absolute Gasteiger partial charge is 0.315 e. The van der Waals surface area contributed by atoms with Gasteiger partial charge in [-0.1, -0.05) is 53.2 Å². The maximum Gasteiger partial charge on any atom is 0.315 e. The average molecular weight is 943 g/mol. The van der Waals surface area contributed by atoms with Gasteiger partial charge in [-0.2, -0.15) is 0 Å². The number of hydrogen-bond acceptors (Lipinski definition) is 18. The van der Waals surface area contributed by atoms with Crippen molar-refractivity contribution >= 4 is 5.97 Å². The largest absolute Gasteiger partial charge is 0.432 e. The summed E-state index contributed by atoms with van der Waals surface area (Å²) >= 11 is 0. The van der Waals surface area contributed by atoms with Crippen molar-refractivity contribution in [3.63, 3.8) is 0 Å². The van der Waals surface area contributed by atoms with Gasteiger partial charge in [0.15, 0.2) is 12.6 Å². The van der Waals surface area contributed by atoms with E-state index in [2.05, 4.69) is 40.7 Å². The van der Waals surface area contributed by atoms with Crippen LogP contribution in [0.25, 0.3) is 0 Å². The molecule has 4 saturated carbocycles. The minimum Gasteiger partial charge on any atom is -0.432 e. The summed E-state index contributed by atoms with van der Waals surface area (Å²) in [6.45, 7) is 13.7. The van der Waals surface area contributed by atoms with E-state index in [0.29, 0.717) is 25.2 Å². The second-order valence-electron chi connectivity index (χ2n) is 23.3. The Morgan fingerprint density at radius 2 is 1.32 bits per heavy atom. The third-order valence-corrected chi connectivity index (χ3v) is 19.4. The highest BCUT2D eigenvalue weighted by Gasteiger charge is 2.70. The zero-order valence-electron chi connectivity index (χ0n) is 39.5. The molecular weight excluding hydrogens is 865 g/mol. The fourth-order valence-electron chi connectivity index (χ4n) is 14.8. The Labute approximate surface area is 387 Å². The minimum atomic E-state index is -1.85. The normalized spacial score (nSPS) is 54.8. The lowest BCUT2D eigenvalue weighted by molar-refractivity contribution is -0.361. The molecule has 3 saturated heterocycles. The van der Waals surface area contributed by atoms with Crippen LogP contribution in [0.2, 0.25) is 0 Å². The van der Waals surface area contributed by atoms with E-state index in [9.17, 15) is 61.0 Å². The zero-order valence-corrected chi connectivity index (χ0v) is 39.5. The molecule has 0 bridgehead atoms. The minimum absolute atomic E-state index is 0.0599. The fourth-order valence-corrected chi connectivity index (χ4v) is 14.8. The summed E-state index contributed by atoms with van der Waals surface area (Å²) in [5.41, 5.74) is -0.838. The molecule has 378 valence electrons. The van der Waals surface area contributed by atoms with Crippen molar-refractivity contribution in [3.8, 4) is 0 Å². The Morgan fingerprint density at radius 3 is 2.00 bits per heavy atom. The summed E-state index contributed by atoms with van der Waals surface area (Å²) in [6, 6.07) is 0. The Bertz CT molecular complexity index is 1800. The number of aliphatic hydroxyl groups is 11. The van der Waals surface area contributed by atoms with Crippen molar-refractivity contribution in [2.45, 2.75) is 211 Å². The van der Waals surface area contributed by atoms with Crippen molar-refractivity contribution in [3.05, 3.63) is 11.6 Å². The molecule has 0 radical (unpaired) electrons. The van der Waals surface area contributed by atoms with Gasteiger partial charge in [0.05, 0.1) is 37.4 Å². The topological polar surface area (TPSA) is 295 Å². The summed E-state index contributed by atoms with van der Waals surface area (Å²) < 4.78 is 34.7. The van der Waals surface area contributed by atoms with Gasteiger partial charge in [-0.05, 0) is 111 Å². The van der Waals surface area contributed by atoms with Crippen LogP contribution in [-0.4, -0.2) is 180 Å². The van der Waals surface area contributed by atoms with Crippen molar-refractivity contribution in [1.29, 1.82) is 0 Å². The number of ether oxygens (including phenoxy) is 6. The van der Waals surface area contributed by atoms with Gasteiger partial charge in [-0.3, -0.25) is 4.79 Å².